The molecule has 0 amide bonds. The van der Waals surface area contributed by atoms with E-state index >= 15 is 0 Å². The summed E-state index contributed by atoms with van der Waals surface area (Å²) in [5, 5.41) is 4.35. The lowest BCUT2D eigenvalue weighted by Gasteiger charge is -2.23. The lowest BCUT2D eigenvalue weighted by Crippen LogP contribution is -2.32. The largest absolute Gasteiger partial charge is 0.459 e. The van der Waals surface area contributed by atoms with Crippen molar-refractivity contribution in [2.24, 2.45) is 4.99 Å². The van der Waals surface area contributed by atoms with E-state index in [0.717, 1.165) is 10.8 Å². The van der Waals surface area contributed by atoms with Crippen LogP contribution in [-0.4, -0.2) is 69.9 Å². The van der Waals surface area contributed by atoms with Gasteiger partial charge in [0.15, 0.2) is 11.2 Å². The van der Waals surface area contributed by atoms with Crippen molar-refractivity contribution in [1.82, 2.24) is 29.5 Å². The van der Waals surface area contributed by atoms with Gasteiger partial charge in [-0.25, -0.2) is 19.6 Å². The van der Waals surface area contributed by atoms with Gasteiger partial charge in [0.2, 0.25) is 5.95 Å². The first-order chi connectivity index (χ1) is 18.6. The van der Waals surface area contributed by atoms with Crippen molar-refractivity contribution < 1.29 is 23.1 Å². The molecule has 206 valence electrons. The van der Waals surface area contributed by atoms with Crippen molar-refractivity contribution in [3.8, 4) is 5.75 Å². The minimum atomic E-state index is -3.97. The number of carbonyl (C=O) groups excluding carboxylic acids is 1. The highest BCUT2D eigenvalue weighted by atomic mass is 31.2. The Balaban J connectivity index is 1.43. The van der Waals surface area contributed by atoms with E-state index in [4.69, 9.17) is 13.8 Å². The monoisotopic (exact) mass is 555 g/mol. The van der Waals surface area contributed by atoms with Crippen molar-refractivity contribution in [2.45, 2.75) is 26.6 Å². The van der Waals surface area contributed by atoms with Crippen LogP contribution in [0.4, 0.5) is 5.95 Å². The molecule has 2 N–H and O–H groups in total. The fourth-order valence-corrected chi connectivity index (χ4v) is 5.04. The minimum Gasteiger partial charge on any atom is -0.413 e. The normalized spacial score (nSPS) is 14.1. The molecule has 13 nitrogen and oxygen atoms in total. The summed E-state index contributed by atoms with van der Waals surface area (Å²) in [5.74, 6) is 0.262. The molecule has 0 spiro atoms. The molecule has 0 fully saturated rings. The maximum atomic E-state index is 13.6. The number of aromatic nitrogens is 4. The Morgan fingerprint density at radius 1 is 1.23 bits per heavy atom. The third-order valence-electron chi connectivity index (χ3n) is 5.52. The zero-order chi connectivity index (χ0) is 28.0. The van der Waals surface area contributed by atoms with Gasteiger partial charge in [0.05, 0.1) is 31.9 Å². The van der Waals surface area contributed by atoms with E-state index in [1.54, 1.807) is 42.6 Å². The first-order valence-electron chi connectivity index (χ1n) is 12.1. The van der Waals surface area contributed by atoms with Gasteiger partial charge in [-0.1, -0.05) is 36.4 Å². The highest BCUT2D eigenvalue weighted by Crippen LogP contribution is 2.46. The fourth-order valence-electron chi connectivity index (χ4n) is 3.47. The van der Waals surface area contributed by atoms with Crippen LogP contribution in [0.15, 0.2) is 58.6 Å². The third kappa shape index (κ3) is 7.15. The summed E-state index contributed by atoms with van der Waals surface area (Å²) >= 11 is 0. The molecule has 0 aliphatic heterocycles. The first kappa shape index (κ1) is 28.1. The number of carbonyl (C=O) groups is 1. The molecule has 2 atom stereocenters. The molecule has 0 saturated heterocycles. The van der Waals surface area contributed by atoms with Crippen LogP contribution in [0.3, 0.4) is 0 Å². The van der Waals surface area contributed by atoms with Crippen LogP contribution in [-0.2, 0) is 25.4 Å². The van der Waals surface area contributed by atoms with E-state index in [1.807, 2.05) is 30.3 Å². The quantitative estimate of drug-likeness (QED) is 0.109. The molecule has 14 heteroatoms. The number of benzene rings is 2. The Kier molecular flexibility index (Phi) is 8.87. The van der Waals surface area contributed by atoms with Gasteiger partial charge in [-0.15, -0.1) is 0 Å². The number of hydrogen-bond acceptors (Lipinski definition) is 9. The van der Waals surface area contributed by atoms with Crippen molar-refractivity contribution >= 4 is 47.8 Å². The molecule has 4 aromatic rings. The topological polar surface area (TPSA) is 153 Å². The van der Waals surface area contributed by atoms with Gasteiger partial charge in [0.1, 0.15) is 18.3 Å². The van der Waals surface area contributed by atoms with E-state index in [2.05, 4.69) is 25.0 Å². The van der Waals surface area contributed by atoms with Crippen LogP contribution in [0.1, 0.15) is 13.8 Å². The first-order valence-corrected chi connectivity index (χ1v) is 13.6. The number of hydrogen-bond donors (Lipinski definition) is 2. The Morgan fingerprint density at radius 2 is 2.00 bits per heavy atom. The second kappa shape index (κ2) is 12.3. The van der Waals surface area contributed by atoms with E-state index in [1.165, 1.54) is 19.6 Å². The molecular weight excluding hydrogens is 525 g/mol. The smallest absolute Gasteiger partial charge is 0.413 e. The second-order valence-corrected chi connectivity index (χ2v) is 10.6. The van der Waals surface area contributed by atoms with Crippen molar-refractivity contribution in [2.75, 3.05) is 27.3 Å². The Morgan fingerprint density at radius 3 is 2.77 bits per heavy atom. The van der Waals surface area contributed by atoms with Crippen LogP contribution in [0.2, 0.25) is 0 Å². The number of fused-ring (bicyclic) bond motifs is 2. The van der Waals surface area contributed by atoms with Gasteiger partial charge in [-0.05, 0) is 25.3 Å². The lowest BCUT2D eigenvalue weighted by molar-refractivity contribution is -0.118. The number of imidazole rings is 1. The number of ether oxygens (including phenoxy) is 1. The van der Waals surface area contributed by atoms with Crippen LogP contribution in [0.25, 0.3) is 21.9 Å². The summed E-state index contributed by atoms with van der Waals surface area (Å²) in [6, 6.07) is 12.1. The van der Waals surface area contributed by atoms with Gasteiger partial charge in [0.25, 0.3) is 5.56 Å². The molecule has 39 heavy (non-hydrogen) atoms. The maximum absolute atomic E-state index is 13.6. The number of H-pyrrole nitrogens is 1. The second-order valence-electron chi connectivity index (χ2n) is 8.88. The van der Waals surface area contributed by atoms with Gasteiger partial charge >= 0.3 is 7.75 Å². The summed E-state index contributed by atoms with van der Waals surface area (Å²) in [6.45, 7) is 2.87. The Bertz CT molecular complexity index is 1590. The van der Waals surface area contributed by atoms with E-state index < -0.39 is 19.3 Å². The molecule has 0 aliphatic rings. The van der Waals surface area contributed by atoms with Crippen molar-refractivity contribution in [1.29, 1.82) is 0 Å². The predicted octanol–water partition coefficient (Wildman–Crippen LogP) is 3.24. The zero-order valence-corrected chi connectivity index (χ0v) is 22.9. The van der Waals surface area contributed by atoms with Gasteiger partial charge in [-0.3, -0.25) is 23.7 Å². The Hall–Kier alpha value is -3.90. The standard InChI is InChI=1S/C25H30N7O6P/c1-17(18(2)33)30-39(35,38-21-11-7-9-19-8-5-6-10-20(19)21)37-13-12-36-16-32-15-26-22-23(32)28-25(29-24(22)34)27-14-31(3)4/h5-11,14-15,17H,12-13,16H2,1-4H3,(H,30,35)(H,28,29,34)/b27-14+/t17-,39?/m0/s1. The highest BCUT2D eigenvalue weighted by Gasteiger charge is 2.31. The number of rotatable bonds is 13. The number of aliphatic imine (C=N–C) groups is 1. The van der Waals surface area contributed by atoms with Crippen LogP contribution in [0.5, 0.6) is 5.75 Å². The molecular formula is C25H30N7O6P. The maximum Gasteiger partial charge on any atom is 0.459 e. The van der Waals surface area contributed by atoms with Gasteiger partial charge in [0, 0.05) is 19.5 Å². The van der Waals surface area contributed by atoms with E-state index in [-0.39, 0.29) is 37.2 Å². The lowest BCUT2D eigenvalue weighted by atomic mass is 10.1. The molecule has 2 aromatic heterocycles. The molecule has 0 bridgehead atoms. The summed E-state index contributed by atoms with van der Waals surface area (Å²) in [5.41, 5.74) is 0.0201. The SMILES string of the molecule is CC(=O)[C@H](C)NP(=O)(OCCOCn1cnc2c(=O)[nH]c(/N=C/N(C)C)nc21)Oc1cccc2ccccc12. The van der Waals surface area contributed by atoms with Crippen molar-refractivity contribution in [3.05, 3.63) is 59.1 Å². The number of ketones is 1. The van der Waals surface area contributed by atoms with Crippen LogP contribution in [0, 0.1) is 0 Å². The fraction of sp³-hybridized carbons (Fsp3) is 0.320. The van der Waals surface area contributed by atoms with E-state index in [0.29, 0.717) is 11.4 Å². The molecule has 0 aliphatic carbocycles. The molecule has 0 radical (unpaired) electrons. The third-order valence-corrected chi connectivity index (χ3v) is 7.19. The highest BCUT2D eigenvalue weighted by molar-refractivity contribution is 7.52. The molecule has 4 rings (SSSR count). The average molecular weight is 556 g/mol. The van der Waals surface area contributed by atoms with Gasteiger partial charge < -0.3 is 14.2 Å². The van der Waals surface area contributed by atoms with Crippen LogP contribution >= 0.6 is 7.75 Å². The van der Waals surface area contributed by atoms with Crippen LogP contribution < -0.4 is 15.2 Å². The average Bonchev–Trinajstić information content (AvgIpc) is 3.31. The zero-order valence-electron chi connectivity index (χ0n) is 22.0. The minimum absolute atomic E-state index is 0.00108. The number of nitrogens with zero attached hydrogens (tertiary/aromatic N) is 5. The summed E-state index contributed by atoms with van der Waals surface area (Å²) < 4.78 is 32.3. The molecule has 0 saturated carbocycles. The number of aromatic amines is 1. The Labute approximate surface area is 224 Å². The molecule has 2 aromatic carbocycles. The molecule has 2 heterocycles. The summed E-state index contributed by atoms with van der Waals surface area (Å²) in [4.78, 5) is 41.0. The number of Topliss-reactive ketones (excluding diaryl/α,β-unsaturated/α-hetero) is 1. The summed E-state index contributed by atoms with van der Waals surface area (Å²) in [6.07, 6.45) is 2.94. The molecule has 1 unspecified atom stereocenters. The van der Waals surface area contributed by atoms with E-state index in [9.17, 15) is 14.2 Å². The number of nitrogens with one attached hydrogen (secondary N) is 2. The summed E-state index contributed by atoms with van der Waals surface area (Å²) in [7, 11) is -0.383. The van der Waals surface area contributed by atoms with Crippen molar-refractivity contribution in [3.63, 3.8) is 0 Å². The van der Waals surface area contributed by atoms with Gasteiger partial charge in [-0.2, -0.15) is 4.98 Å². The predicted molar refractivity (Wildman–Crippen MR) is 147 cm³/mol.